The second kappa shape index (κ2) is 4.24. The Morgan fingerprint density at radius 2 is 2.14 bits per heavy atom. The normalized spacial score (nSPS) is 19.9. The van der Waals surface area contributed by atoms with Gasteiger partial charge in [0.05, 0.1) is 11.7 Å². The molecule has 0 saturated carbocycles. The van der Waals surface area contributed by atoms with Crippen LogP contribution >= 0.6 is 0 Å². The molecule has 1 heterocycles. The number of carbonyl (C=O) groups excluding carboxylic acids is 1. The Kier molecular flexibility index (Phi) is 2.79. The van der Waals surface area contributed by atoms with Gasteiger partial charge in [-0.1, -0.05) is 18.2 Å². The average Bonchev–Trinajstić information content (AvgIpc) is 2.16. The van der Waals surface area contributed by atoms with Crippen molar-refractivity contribution in [3.05, 3.63) is 35.9 Å². The standard InChI is InChI=1S/C11H12O3/c12-11(9-4-2-1-3-5-9)14-8-10-6-7-13-10/h1-5,10H,6-8H2. The Labute approximate surface area is 82.6 Å². The molecule has 1 fully saturated rings. The number of esters is 1. The molecule has 3 nitrogen and oxygen atoms in total. The lowest BCUT2D eigenvalue weighted by Gasteiger charge is -2.25. The fraction of sp³-hybridized carbons (Fsp3) is 0.364. The zero-order chi connectivity index (χ0) is 9.80. The number of carbonyl (C=O) groups is 1. The van der Waals surface area contributed by atoms with Gasteiger partial charge in [-0.15, -0.1) is 0 Å². The molecule has 0 aliphatic carbocycles. The van der Waals surface area contributed by atoms with Crippen molar-refractivity contribution in [3.63, 3.8) is 0 Å². The van der Waals surface area contributed by atoms with Gasteiger partial charge < -0.3 is 9.47 Å². The number of hydrogen-bond donors (Lipinski definition) is 0. The number of hydrogen-bond acceptors (Lipinski definition) is 3. The molecule has 1 saturated heterocycles. The fourth-order valence-electron chi connectivity index (χ4n) is 1.24. The van der Waals surface area contributed by atoms with E-state index in [1.54, 1.807) is 12.1 Å². The molecule has 0 aromatic heterocycles. The Morgan fingerprint density at radius 1 is 1.43 bits per heavy atom. The van der Waals surface area contributed by atoms with Crippen LogP contribution in [-0.4, -0.2) is 25.3 Å². The van der Waals surface area contributed by atoms with E-state index in [1.165, 1.54) is 0 Å². The Balaban J connectivity index is 1.83. The minimum absolute atomic E-state index is 0.114. The maximum atomic E-state index is 11.4. The zero-order valence-corrected chi connectivity index (χ0v) is 7.81. The first kappa shape index (κ1) is 9.21. The lowest BCUT2D eigenvalue weighted by Crippen LogP contribution is -2.32. The first-order valence-electron chi connectivity index (χ1n) is 4.70. The summed E-state index contributed by atoms with van der Waals surface area (Å²) in [4.78, 5) is 11.4. The van der Waals surface area contributed by atoms with Gasteiger partial charge in [0, 0.05) is 13.0 Å². The van der Waals surface area contributed by atoms with Crippen LogP contribution in [0.1, 0.15) is 16.8 Å². The lowest BCUT2D eigenvalue weighted by molar-refractivity contribution is -0.0824. The SMILES string of the molecule is O=C(OCC1CCO1)c1ccccc1. The molecule has 0 amide bonds. The van der Waals surface area contributed by atoms with Crippen molar-refractivity contribution in [3.8, 4) is 0 Å². The Hall–Kier alpha value is -1.35. The second-order valence-electron chi connectivity index (χ2n) is 3.25. The van der Waals surface area contributed by atoms with Crippen LogP contribution in [0.4, 0.5) is 0 Å². The maximum Gasteiger partial charge on any atom is 0.338 e. The molecule has 0 bridgehead atoms. The molecule has 74 valence electrons. The van der Waals surface area contributed by atoms with E-state index in [0.29, 0.717) is 12.2 Å². The minimum atomic E-state index is -0.277. The highest BCUT2D eigenvalue weighted by Gasteiger charge is 2.20. The van der Waals surface area contributed by atoms with Crippen LogP contribution in [0.3, 0.4) is 0 Å². The summed E-state index contributed by atoms with van der Waals surface area (Å²) in [5.41, 5.74) is 0.590. The molecule has 1 aromatic rings. The third-order valence-electron chi connectivity index (χ3n) is 2.20. The molecular formula is C11H12O3. The Bertz CT molecular complexity index is 304. The molecule has 1 unspecified atom stereocenters. The Morgan fingerprint density at radius 3 is 2.71 bits per heavy atom. The van der Waals surface area contributed by atoms with E-state index in [9.17, 15) is 4.79 Å². The van der Waals surface area contributed by atoms with Gasteiger partial charge in [0.25, 0.3) is 0 Å². The molecule has 0 spiro atoms. The van der Waals surface area contributed by atoms with Crippen molar-refractivity contribution in [1.82, 2.24) is 0 Å². The van der Waals surface area contributed by atoms with Crippen molar-refractivity contribution in [2.45, 2.75) is 12.5 Å². The predicted molar refractivity (Wildman–Crippen MR) is 51.1 cm³/mol. The molecule has 1 atom stereocenters. The molecule has 3 heteroatoms. The summed E-state index contributed by atoms with van der Waals surface area (Å²) in [5, 5.41) is 0. The molecule has 1 aromatic carbocycles. The van der Waals surface area contributed by atoms with Gasteiger partial charge in [-0.2, -0.15) is 0 Å². The van der Waals surface area contributed by atoms with Gasteiger partial charge in [-0.25, -0.2) is 4.79 Å². The molecule has 1 aliphatic rings. The van der Waals surface area contributed by atoms with Crippen molar-refractivity contribution >= 4 is 5.97 Å². The highest BCUT2D eigenvalue weighted by atomic mass is 16.6. The highest BCUT2D eigenvalue weighted by molar-refractivity contribution is 5.89. The monoisotopic (exact) mass is 192 g/mol. The molecule has 0 N–H and O–H groups in total. The van der Waals surface area contributed by atoms with E-state index in [1.807, 2.05) is 18.2 Å². The number of benzene rings is 1. The lowest BCUT2D eigenvalue weighted by atomic mass is 10.2. The van der Waals surface area contributed by atoms with E-state index in [4.69, 9.17) is 9.47 Å². The quantitative estimate of drug-likeness (QED) is 0.683. The van der Waals surface area contributed by atoms with Gasteiger partial charge in [0.2, 0.25) is 0 Å². The van der Waals surface area contributed by atoms with Crippen molar-refractivity contribution in [1.29, 1.82) is 0 Å². The third kappa shape index (κ3) is 2.12. The minimum Gasteiger partial charge on any atom is -0.459 e. The van der Waals surface area contributed by atoms with Crippen molar-refractivity contribution in [2.24, 2.45) is 0 Å². The summed E-state index contributed by atoms with van der Waals surface area (Å²) in [6.45, 7) is 1.15. The number of rotatable bonds is 3. The van der Waals surface area contributed by atoms with Gasteiger partial charge in [0.1, 0.15) is 6.61 Å². The predicted octanol–water partition coefficient (Wildman–Crippen LogP) is 1.63. The summed E-state index contributed by atoms with van der Waals surface area (Å²) in [7, 11) is 0. The zero-order valence-electron chi connectivity index (χ0n) is 7.81. The van der Waals surface area contributed by atoms with E-state index < -0.39 is 0 Å². The highest BCUT2D eigenvalue weighted by Crippen LogP contribution is 2.11. The van der Waals surface area contributed by atoms with Crippen LogP contribution in [0.2, 0.25) is 0 Å². The van der Waals surface area contributed by atoms with Crippen LogP contribution in [-0.2, 0) is 9.47 Å². The van der Waals surface area contributed by atoms with Crippen LogP contribution in [0.5, 0.6) is 0 Å². The molecule has 0 radical (unpaired) electrons. The summed E-state index contributed by atoms with van der Waals surface area (Å²) in [5.74, 6) is -0.277. The molecule has 14 heavy (non-hydrogen) atoms. The first-order valence-corrected chi connectivity index (χ1v) is 4.70. The van der Waals surface area contributed by atoms with E-state index in [-0.39, 0.29) is 12.1 Å². The summed E-state index contributed by atoms with van der Waals surface area (Å²) in [6.07, 6.45) is 1.10. The van der Waals surface area contributed by atoms with Crippen molar-refractivity contribution < 1.29 is 14.3 Å². The second-order valence-corrected chi connectivity index (χ2v) is 3.25. The van der Waals surface area contributed by atoms with E-state index in [0.717, 1.165) is 13.0 Å². The van der Waals surface area contributed by atoms with E-state index >= 15 is 0 Å². The van der Waals surface area contributed by atoms with Gasteiger partial charge in [0.15, 0.2) is 0 Å². The largest absolute Gasteiger partial charge is 0.459 e. The van der Waals surface area contributed by atoms with Gasteiger partial charge >= 0.3 is 5.97 Å². The topological polar surface area (TPSA) is 35.5 Å². The number of ether oxygens (including phenoxy) is 2. The molecular weight excluding hydrogens is 180 g/mol. The molecule has 1 aliphatic heterocycles. The third-order valence-corrected chi connectivity index (χ3v) is 2.20. The first-order chi connectivity index (χ1) is 6.86. The molecule has 2 rings (SSSR count). The maximum absolute atomic E-state index is 11.4. The van der Waals surface area contributed by atoms with Crippen LogP contribution in [0, 0.1) is 0 Å². The summed E-state index contributed by atoms with van der Waals surface area (Å²) >= 11 is 0. The van der Waals surface area contributed by atoms with Crippen LogP contribution in [0.25, 0.3) is 0 Å². The van der Waals surface area contributed by atoms with Crippen LogP contribution < -0.4 is 0 Å². The van der Waals surface area contributed by atoms with Gasteiger partial charge in [-0.3, -0.25) is 0 Å². The summed E-state index contributed by atoms with van der Waals surface area (Å²) < 4.78 is 10.2. The smallest absolute Gasteiger partial charge is 0.338 e. The van der Waals surface area contributed by atoms with Crippen molar-refractivity contribution in [2.75, 3.05) is 13.2 Å². The van der Waals surface area contributed by atoms with E-state index in [2.05, 4.69) is 0 Å². The van der Waals surface area contributed by atoms with Crippen LogP contribution in [0.15, 0.2) is 30.3 Å². The van der Waals surface area contributed by atoms with Gasteiger partial charge in [-0.05, 0) is 12.1 Å². The summed E-state index contributed by atoms with van der Waals surface area (Å²) in [6, 6.07) is 8.98. The average molecular weight is 192 g/mol. The fourth-order valence-corrected chi connectivity index (χ4v) is 1.24.